The van der Waals surface area contributed by atoms with Crippen LogP contribution in [-0.2, 0) is 22.7 Å². The first-order valence-corrected chi connectivity index (χ1v) is 10.8. The van der Waals surface area contributed by atoms with Crippen LogP contribution in [0.1, 0.15) is 27.4 Å². The molecule has 3 aromatic rings. The van der Waals surface area contributed by atoms with Gasteiger partial charge in [0.1, 0.15) is 18.1 Å². The second-order valence-corrected chi connectivity index (χ2v) is 7.93. The van der Waals surface area contributed by atoms with E-state index in [4.69, 9.17) is 20.8 Å². The van der Waals surface area contributed by atoms with E-state index in [2.05, 4.69) is 10.1 Å². The number of urea groups is 1. The molecule has 4 rings (SSSR count). The monoisotopic (exact) mass is 511 g/mol. The van der Waals surface area contributed by atoms with E-state index in [9.17, 15) is 24.5 Å². The van der Waals surface area contributed by atoms with E-state index in [1.807, 2.05) is 18.2 Å². The molecule has 0 unspecified atom stereocenters. The zero-order valence-corrected chi connectivity index (χ0v) is 19.5. The highest BCUT2D eigenvalue weighted by molar-refractivity contribution is 6.32. The van der Waals surface area contributed by atoms with E-state index >= 15 is 0 Å². The summed E-state index contributed by atoms with van der Waals surface area (Å²) in [5.41, 5.74) is 0.479. The van der Waals surface area contributed by atoms with E-state index in [-0.39, 0.29) is 46.7 Å². The Kier molecular flexibility index (Phi) is 7.02. The minimum atomic E-state index is -0.731. The number of nitro benzene ring substituents is 1. The number of nitrogens with one attached hydrogen (secondary N) is 1. The maximum atomic E-state index is 12.8. The number of carbonyl (C=O) groups excluding carboxylic acids is 3. The summed E-state index contributed by atoms with van der Waals surface area (Å²) in [6, 6.07) is 13.7. The van der Waals surface area contributed by atoms with Gasteiger partial charge >= 0.3 is 17.7 Å². The normalized spacial score (nSPS) is 14.2. The molecule has 0 saturated carbocycles. The second-order valence-electron chi connectivity index (χ2n) is 7.52. The largest absolute Gasteiger partial charge is 0.481 e. The Labute approximate surface area is 209 Å². The highest BCUT2D eigenvalue weighted by Crippen LogP contribution is 2.37. The molecule has 0 spiro atoms. The van der Waals surface area contributed by atoms with Crippen molar-refractivity contribution in [1.82, 2.24) is 10.2 Å². The summed E-state index contributed by atoms with van der Waals surface area (Å²) < 4.78 is 15.5. The molecule has 1 aromatic heterocycles. The highest BCUT2D eigenvalue weighted by atomic mass is 35.5. The lowest BCUT2D eigenvalue weighted by Crippen LogP contribution is -2.30. The summed E-state index contributed by atoms with van der Waals surface area (Å²) in [6.45, 7) is -0.179. The van der Waals surface area contributed by atoms with Gasteiger partial charge in [-0.1, -0.05) is 41.9 Å². The zero-order valence-electron chi connectivity index (χ0n) is 18.7. The number of hydrogen-bond acceptors (Lipinski definition) is 8. The molecule has 36 heavy (non-hydrogen) atoms. The number of carbonyl (C=O) groups is 3. The van der Waals surface area contributed by atoms with E-state index in [1.54, 1.807) is 12.1 Å². The summed E-state index contributed by atoms with van der Waals surface area (Å²) >= 11 is 6.28. The topological polar surface area (TPSA) is 141 Å². The number of amides is 3. The third kappa shape index (κ3) is 5.20. The van der Waals surface area contributed by atoms with Crippen LogP contribution in [0.15, 0.2) is 64.7 Å². The fourth-order valence-electron chi connectivity index (χ4n) is 3.40. The van der Waals surface area contributed by atoms with Gasteiger partial charge in [-0.2, -0.15) is 0 Å². The van der Waals surface area contributed by atoms with Crippen LogP contribution in [0.2, 0.25) is 5.02 Å². The summed E-state index contributed by atoms with van der Waals surface area (Å²) in [6.07, 6.45) is 1.27. The van der Waals surface area contributed by atoms with Crippen LogP contribution >= 0.6 is 11.6 Å². The van der Waals surface area contributed by atoms with Crippen molar-refractivity contribution in [2.75, 3.05) is 7.11 Å². The molecule has 1 saturated heterocycles. The van der Waals surface area contributed by atoms with E-state index < -0.39 is 28.5 Å². The van der Waals surface area contributed by atoms with Crippen LogP contribution in [0.4, 0.5) is 10.5 Å². The fourth-order valence-corrected chi connectivity index (χ4v) is 3.68. The molecule has 2 aromatic carbocycles. The van der Waals surface area contributed by atoms with E-state index in [1.165, 1.54) is 37.5 Å². The third-order valence-corrected chi connectivity index (χ3v) is 5.39. The minimum Gasteiger partial charge on any atom is -0.481 e. The van der Waals surface area contributed by atoms with Gasteiger partial charge < -0.3 is 19.2 Å². The number of imide groups is 1. The lowest BCUT2D eigenvalue weighted by atomic mass is 10.1. The number of methoxy groups -OCH3 is 1. The summed E-state index contributed by atoms with van der Waals surface area (Å²) in [5.74, 6) is -1.41. The van der Waals surface area contributed by atoms with Gasteiger partial charge in [-0.05, 0) is 35.4 Å². The van der Waals surface area contributed by atoms with Crippen molar-refractivity contribution in [2.45, 2.75) is 13.2 Å². The smallest absolute Gasteiger partial charge is 0.373 e. The molecule has 11 nitrogen and oxygen atoms in total. The highest BCUT2D eigenvalue weighted by Gasteiger charge is 2.34. The van der Waals surface area contributed by atoms with Crippen molar-refractivity contribution in [3.8, 4) is 5.75 Å². The molecule has 1 N–H and O–H groups in total. The Morgan fingerprint density at radius 2 is 1.94 bits per heavy atom. The number of ether oxygens (including phenoxy) is 2. The van der Waals surface area contributed by atoms with Gasteiger partial charge in [0.25, 0.3) is 5.91 Å². The van der Waals surface area contributed by atoms with Gasteiger partial charge in [0, 0.05) is 6.07 Å². The molecule has 184 valence electrons. The molecule has 0 atom stereocenters. The van der Waals surface area contributed by atoms with Gasteiger partial charge in [0.05, 0.1) is 23.6 Å². The minimum absolute atomic E-state index is 0.0356. The van der Waals surface area contributed by atoms with Crippen LogP contribution in [0.3, 0.4) is 0 Å². The Hall–Kier alpha value is -4.64. The number of nitrogens with zero attached hydrogens (tertiary/aromatic N) is 2. The number of furan rings is 1. The number of hydrogen-bond donors (Lipinski definition) is 1. The summed E-state index contributed by atoms with van der Waals surface area (Å²) in [5, 5.41) is 14.1. The summed E-state index contributed by atoms with van der Waals surface area (Å²) in [4.78, 5) is 48.6. The number of esters is 1. The molecular weight excluding hydrogens is 494 g/mol. The van der Waals surface area contributed by atoms with Crippen LogP contribution in [-0.4, -0.2) is 34.8 Å². The van der Waals surface area contributed by atoms with Crippen LogP contribution in [0.25, 0.3) is 6.08 Å². The van der Waals surface area contributed by atoms with Gasteiger partial charge in [0.15, 0.2) is 0 Å². The number of benzene rings is 2. The van der Waals surface area contributed by atoms with Crippen LogP contribution < -0.4 is 10.1 Å². The third-order valence-electron chi connectivity index (χ3n) is 5.10. The molecule has 2 heterocycles. The first-order valence-electron chi connectivity index (χ1n) is 10.4. The molecule has 0 aliphatic carbocycles. The van der Waals surface area contributed by atoms with Crippen molar-refractivity contribution >= 4 is 41.3 Å². The first-order chi connectivity index (χ1) is 17.3. The Morgan fingerprint density at radius 3 is 2.64 bits per heavy atom. The van der Waals surface area contributed by atoms with Crippen LogP contribution in [0.5, 0.6) is 5.75 Å². The SMILES string of the molecule is COC(=O)c1ccc(CN2C(=O)N/C(=C\c3cc(Cl)c(OCc4ccccc4)c([N+](=O)[O-])c3)C2=O)o1. The van der Waals surface area contributed by atoms with Crippen molar-refractivity contribution < 1.29 is 33.2 Å². The van der Waals surface area contributed by atoms with Crippen molar-refractivity contribution in [3.63, 3.8) is 0 Å². The number of halogens is 1. The quantitative estimate of drug-likeness (QED) is 0.155. The predicted molar refractivity (Wildman–Crippen MR) is 126 cm³/mol. The van der Waals surface area contributed by atoms with Crippen molar-refractivity contribution in [2.24, 2.45) is 0 Å². The first kappa shape index (κ1) is 24.5. The molecule has 1 fully saturated rings. The average molecular weight is 512 g/mol. The Balaban J connectivity index is 1.55. The molecule has 1 aliphatic rings. The maximum Gasteiger partial charge on any atom is 0.373 e. The fraction of sp³-hybridized carbons (Fsp3) is 0.125. The second kappa shape index (κ2) is 10.3. The lowest BCUT2D eigenvalue weighted by molar-refractivity contribution is -0.385. The standard InChI is InChI=1S/C24H18ClN3O8/c1-34-23(30)20-8-7-16(36-20)12-27-22(29)18(26-24(27)31)10-15-9-17(25)21(19(11-15)28(32)33)35-13-14-5-3-2-4-6-14/h2-11H,12-13H2,1H3,(H,26,31)/b18-10-. The molecule has 1 aliphatic heterocycles. The zero-order chi connectivity index (χ0) is 25.8. The predicted octanol–water partition coefficient (Wildman–Crippen LogP) is 4.30. The van der Waals surface area contributed by atoms with Crippen molar-refractivity contribution in [1.29, 1.82) is 0 Å². The Morgan fingerprint density at radius 1 is 1.19 bits per heavy atom. The van der Waals surface area contributed by atoms with Gasteiger partial charge in [-0.3, -0.25) is 19.8 Å². The molecular formula is C24H18ClN3O8. The maximum absolute atomic E-state index is 12.8. The van der Waals surface area contributed by atoms with E-state index in [0.717, 1.165) is 10.5 Å². The van der Waals surface area contributed by atoms with E-state index in [0.29, 0.717) is 0 Å². The van der Waals surface area contributed by atoms with Gasteiger partial charge in [-0.15, -0.1) is 0 Å². The summed E-state index contributed by atoms with van der Waals surface area (Å²) in [7, 11) is 1.19. The molecule has 3 amide bonds. The van der Waals surface area contributed by atoms with Crippen LogP contribution in [0, 0.1) is 10.1 Å². The van der Waals surface area contributed by atoms with Gasteiger partial charge in [0.2, 0.25) is 11.5 Å². The lowest BCUT2D eigenvalue weighted by Gasteiger charge is -2.10. The molecule has 0 radical (unpaired) electrons. The average Bonchev–Trinajstić information content (AvgIpc) is 3.43. The van der Waals surface area contributed by atoms with Crippen molar-refractivity contribution in [3.05, 3.63) is 98.1 Å². The Bertz CT molecular complexity index is 1380. The molecule has 12 heteroatoms. The number of nitro groups is 1. The molecule has 0 bridgehead atoms. The van der Waals surface area contributed by atoms with Gasteiger partial charge in [-0.25, -0.2) is 9.59 Å². The number of rotatable bonds is 8.